The number of anilines is 1. The Bertz CT molecular complexity index is 949. The Labute approximate surface area is 170 Å². The fourth-order valence-electron chi connectivity index (χ4n) is 2.20. The van der Waals surface area contributed by atoms with Gasteiger partial charge in [-0.25, -0.2) is 0 Å². The normalized spacial score (nSPS) is 11.9. The second-order valence-corrected chi connectivity index (χ2v) is 7.60. The quantitative estimate of drug-likeness (QED) is 0.600. The number of ether oxygens (including phenoxy) is 1. The van der Waals surface area contributed by atoms with Crippen molar-refractivity contribution >= 4 is 46.6 Å². The molecule has 1 heterocycles. The van der Waals surface area contributed by atoms with E-state index in [0.29, 0.717) is 26.6 Å². The van der Waals surface area contributed by atoms with Gasteiger partial charge in [0.05, 0.1) is 23.1 Å². The summed E-state index contributed by atoms with van der Waals surface area (Å²) in [6.45, 7) is 1.77. The van der Waals surface area contributed by atoms with Gasteiger partial charge in [0, 0.05) is 10.7 Å². The molecule has 2 aromatic carbocycles. The van der Waals surface area contributed by atoms with Gasteiger partial charge in [-0.2, -0.15) is 4.68 Å². The number of tetrazole rings is 1. The first-order valence-corrected chi connectivity index (χ1v) is 9.47. The number of halogens is 2. The molecule has 7 nitrogen and oxygen atoms in total. The lowest BCUT2D eigenvalue weighted by molar-refractivity contribution is -0.115. The molecule has 1 amide bonds. The summed E-state index contributed by atoms with van der Waals surface area (Å²) in [6, 6.07) is 12.1. The highest BCUT2D eigenvalue weighted by Gasteiger charge is 2.19. The summed E-state index contributed by atoms with van der Waals surface area (Å²) in [6.07, 6.45) is 0. The predicted octanol–water partition coefficient (Wildman–Crippen LogP) is 4.10. The van der Waals surface area contributed by atoms with Gasteiger partial charge >= 0.3 is 0 Å². The van der Waals surface area contributed by atoms with Gasteiger partial charge in [-0.1, -0.05) is 35.0 Å². The molecule has 0 aliphatic heterocycles. The summed E-state index contributed by atoms with van der Waals surface area (Å²) in [5.41, 5.74) is 1.33. The van der Waals surface area contributed by atoms with Crippen LogP contribution in [-0.2, 0) is 4.79 Å². The van der Waals surface area contributed by atoms with Crippen LogP contribution in [0, 0.1) is 0 Å². The molecule has 27 heavy (non-hydrogen) atoms. The lowest BCUT2D eigenvalue weighted by Gasteiger charge is -2.12. The lowest BCUT2D eigenvalue weighted by atomic mass is 10.3. The molecule has 10 heteroatoms. The molecule has 0 spiro atoms. The van der Waals surface area contributed by atoms with Crippen LogP contribution in [-0.4, -0.2) is 38.5 Å². The average Bonchev–Trinajstić information content (AvgIpc) is 3.10. The number of carbonyl (C=O) groups excluding carboxylic acids is 1. The minimum absolute atomic E-state index is 0.202. The van der Waals surface area contributed by atoms with Crippen LogP contribution >= 0.6 is 35.0 Å². The number of hydrogen-bond donors (Lipinski definition) is 1. The van der Waals surface area contributed by atoms with Crippen molar-refractivity contribution in [3.63, 3.8) is 0 Å². The molecular weight excluding hydrogens is 409 g/mol. The Morgan fingerprint density at radius 2 is 1.96 bits per heavy atom. The van der Waals surface area contributed by atoms with E-state index in [4.69, 9.17) is 27.9 Å². The molecule has 1 atom stereocenters. The number of thioether (sulfide) groups is 1. The first kappa shape index (κ1) is 19.5. The number of amides is 1. The molecule has 1 unspecified atom stereocenters. The minimum Gasteiger partial charge on any atom is -0.495 e. The van der Waals surface area contributed by atoms with Crippen LogP contribution in [0.2, 0.25) is 10.0 Å². The summed E-state index contributed by atoms with van der Waals surface area (Å²) in [5.74, 6) is 0.339. The Hall–Kier alpha value is -2.29. The SMILES string of the molecule is COc1ccc(NC(=O)C(C)Sc2nnnn2-c2ccc(Cl)cc2)cc1Cl. The summed E-state index contributed by atoms with van der Waals surface area (Å²) in [7, 11) is 1.53. The van der Waals surface area contributed by atoms with Crippen LogP contribution in [0.5, 0.6) is 5.75 Å². The minimum atomic E-state index is -0.442. The van der Waals surface area contributed by atoms with Crippen molar-refractivity contribution < 1.29 is 9.53 Å². The third-order valence-electron chi connectivity index (χ3n) is 3.58. The molecule has 3 rings (SSSR count). The number of aromatic nitrogens is 4. The molecule has 1 N–H and O–H groups in total. The molecule has 0 aliphatic carbocycles. The number of benzene rings is 2. The van der Waals surface area contributed by atoms with Gasteiger partial charge < -0.3 is 10.1 Å². The van der Waals surface area contributed by atoms with E-state index in [1.165, 1.54) is 18.9 Å². The van der Waals surface area contributed by atoms with E-state index in [1.54, 1.807) is 54.1 Å². The van der Waals surface area contributed by atoms with Crippen LogP contribution in [0.4, 0.5) is 5.69 Å². The monoisotopic (exact) mass is 423 g/mol. The fourth-order valence-corrected chi connectivity index (χ4v) is 3.39. The van der Waals surface area contributed by atoms with Gasteiger partial charge in [-0.05, 0) is 59.8 Å². The fraction of sp³-hybridized carbons (Fsp3) is 0.176. The van der Waals surface area contributed by atoms with E-state index in [0.717, 1.165) is 5.69 Å². The number of carbonyl (C=O) groups is 1. The predicted molar refractivity (Wildman–Crippen MR) is 106 cm³/mol. The second kappa shape index (κ2) is 8.60. The Morgan fingerprint density at radius 1 is 1.22 bits per heavy atom. The Balaban J connectivity index is 1.69. The zero-order valence-corrected chi connectivity index (χ0v) is 16.7. The molecule has 140 valence electrons. The second-order valence-electron chi connectivity index (χ2n) is 5.45. The van der Waals surface area contributed by atoms with Crippen molar-refractivity contribution in [2.24, 2.45) is 0 Å². The van der Waals surface area contributed by atoms with Crippen LogP contribution in [0.1, 0.15) is 6.92 Å². The maximum Gasteiger partial charge on any atom is 0.237 e. The number of nitrogens with zero attached hydrogens (tertiary/aromatic N) is 4. The Morgan fingerprint density at radius 3 is 2.63 bits per heavy atom. The third-order valence-corrected chi connectivity index (χ3v) is 5.16. The molecular formula is C17H15Cl2N5O2S. The molecule has 1 aromatic heterocycles. The molecule has 3 aromatic rings. The molecule has 0 saturated heterocycles. The van der Waals surface area contributed by atoms with E-state index >= 15 is 0 Å². The first-order chi connectivity index (χ1) is 13.0. The number of rotatable bonds is 6. The molecule has 0 bridgehead atoms. The highest BCUT2D eigenvalue weighted by atomic mass is 35.5. The lowest BCUT2D eigenvalue weighted by Crippen LogP contribution is -2.23. The highest BCUT2D eigenvalue weighted by molar-refractivity contribution is 8.00. The molecule has 0 aliphatic rings. The van der Waals surface area contributed by atoms with Crippen LogP contribution in [0.15, 0.2) is 47.6 Å². The van der Waals surface area contributed by atoms with Crippen molar-refractivity contribution in [2.45, 2.75) is 17.3 Å². The number of nitrogens with one attached hydrogen (secondary N) is 1. The maximum absolute atomic E-state index is 12.5. The van der Waals surface area contributed by atoms with E-state index < -0.39 is 5.25 Å². The van der Waals surface area contributed by atoms with Crippen molar-refractivity contribution in [2.75, 3.05) is 12.4 Å². The van der Waals surface area contributed by atoms with Crippen LogP contribution in [0.25, 0.3) is 5.69 Å². The summed E-state index contributed by atoms with van der Waals surface area (Å²) in [4.78, 5) is 12.5. The topological polar surface area (TPSA) is 81.9 Å². The van der Waals surface area contributed by atoms with Crippen LogP contribution < -0.4 is 10.1 Å². The van der Waals surface area contributed by atoms with Gasteiger partial charge in [-0.3, -0.25) is 4.79 Å². The van der Waals surface area contributed by atoms with Crippen LogP contribution in [0.3, 0.4) is 0 Å². The van der Waals surface area contributed by atoms with E-state index in [9.17, 15) is 4.79 Å². The van der Waals surface area contributed by atoms with Gasteiger partial charge in [0.2, 0.25) is 11.1 Å². The smallest absolute Gasteiger partial charge is 0.237 e. The van der Waals surface area contributed by atoms with Crippen molar-refractivity contribution in [3.05, 3.63) is 52.5 Å². The van der Waals surface area contributed by atoms with E-state index in [1.807, 2.05) is 0 Å². The van der Waals surface area contributed by atoms with Crippen molar-refractivity contribution in [1.82, 2.24) is 20.2 Å². The zero-order valence-electron chi connectivity index (χ0n) is 14.4. The zero-order chi connectivity index (χ0) is 19.4. The first-order valence-electron chi connectivity index (χ1n) is 7.83. The highest BCUT2D eigenvalue weighted by Crippen LogP contribution is 2.28. The summed E-state index contributed by atoms with van der Waals surface area (Å²) < 4.78 is 6.65. The van der Waals surface area contributed by atoms with E-state index in [2.05, 4.69) is 20.8 Å². The number of methoxy groups -OCH3 is 1. The molecule has 0 fully saturated rings. The largest absolute Gasteiger partial charge is 0.495 e. The summed E-state index contributed by atoms with van der Waals surface area (Å²) >= 11 is 13.2. The van der Waals surface area contributed by atoms with Gasteiger partial charge in [0.1, 0.15) is 5.75 Å². The molecule has 0 radical (unpaired) electrons. The number of hydrogen-bond acceptors (Lipinski definition) is 6. The maximum atomic E-state index is 12.5. The standard InChI is InChI=1S/C17H15Cl2N5O2S/c1-10(16(25)20-12-5-8-15(26-2)14(19)9-12)27-17-21-22-23-24(17)13-6-3-11(18)4-7-13/h3-10H,1-2H3,(H,20,25). The van der Waals surface area contributed by atoms with Crippen molar-refractivity contribution in [1.29, 1.82) is 0 Å². The Kier molecular flexibility index (Phi) is 6.20. The summed E-state index contributed by atoms with van der Waals surface area (Å²) in [5, 5.41) is 15.6. The van der Waals surface area contributed by atoms with Gasteiger partial charge in [0.15, 0.2) is 0 Å². The van der Waals surface area contributed by atoms with Gasteiger partial charge in [-0.15, -0.1) is 5.10 Å². The average molecular weight is 424 g/mol. The third kappa shape index (κ3) is 4.71. The van der Waals surface area contributed by atoms with Crippen molar-refractivity contribution in [3.8, 4) is 11.4 Å². The van der Waals surface area contributed by atoms with Gasteiger partial charge in [0.25, 0.3) is 0 Å². The van der Waals surface area contributed by atoms with E-state index in [-0.39, 0.29) is 5.91 Å². The molecule has 0 saturated carbocycles.